The van der Waals surface area contributed by atoms with E-state index in [2.05, 4.69) is 5.32 Å². The third-order valence-electron chi connectivity index (χ3n) is 3.34. The van der Waals surface area contributed by atoms with Gasteiger partial charge in [0, 0.05) is 18.6 Å². The summed E-state index contributed by atoms with van der Waals surface area (Å²) in [5, 5.41) is 3.19. The summed E-state index contributed by atoms with van der Waals surface area (Å²) in [6.07, 6.45) is 3.11. The van der Waals surface area contributed by atoms with Crippen LogP contribution in [0.5, 0.6) is 0 Å². The summed E-state index contributed by atoms with van der Waals surface area (Å²) in [5.41, 5.74) is 0. The molecule has 2 unspecified atom stereocenters. The van der Waals surface area contributed by atoms with Gasteiger partial charge in [0.2, 0.25) is 0 Å². The van der Waals surface area contributed by atoms with E-state index in [1.807, 2.05) is 13.8 Å². The summed E-state index contributed by atoms with van der Waals surface area (Å²) in [4.78, 5) is 0. The lowest BCUT2D eigenvalue weighted by molar-refractivity contribution is 0.173. The summed E-state index contributed by atoms with van der Waals surface area (Å²) >= 11 is 0. The van der Waals surface area contributed by atoms with Crippen molar-refractivity contribution in [3.05, 3.63) is 0 Å². The van der Waals surface area contributed by atoms with Crippen molar-refractivity contribution >= 4 is 10.0 Å². The highest BCUT2D eigenvalue weighted by Gasteiger charge is 2.40. The molecule has 0 aromatic carbocycles. The summed E-state index contributed by atoms with van der Waals surface area (Å²) in [5.74, 6) is -3.32. The molecule has 0 aliphatic carbocycles. The van der Waals surface area contributed by atoms with Crippen LogP contribution in [0.4, 0.5) is 8.78 Å². The lowest BCUT2D eigenvalue weighted by Crippen LogP contribution is -2.54. The standard InChI is InChI=1S/C11H22F2N2O2S/c1-3-7-14-9(2)10-6-4-5-8-15(10)18(16,17)11(12)13/h9-11,14H,3-8H2,1-2H3. The van der Waals surface area contributed by atoms with Gasteiger partial charge in [0.15, 0.2) is 0 Å². The molecule has 7 heteroatoms. The van der Waals surface area contributed by atoms with Gasteiger partial charge in [-0.2, -0.15) is 13.1 Å². The van der Waals surface area contributed by atoms with Gasteiger partial charge in [-0.05, 0) is 32.7 Å². The molecule has 1 aliphatic rings. The maximum absolute atomic E-state index is 12.6. The predicted molar refractivity (Wildman–Crippen MR) is 67.0 cm³/mol. The molecule has 0 amide bonds. The van der Waals surface area contributed by atoms with Gasteiger partial charge in [0.25, 0.3) is 10.0 Å². The molecule has 1 saturated heterocycles. The maximum Gasteiger partial charge on any atom is 0.350 e. The van der Waals surface area contributed by atoms with E-state index in [-0.39, 0.29) is 18.6 Å². The van der Waals surface area contributed by atoms with Gasteiger partial charge in [-0.1, -0.05) is 13.3 Å². The van der Waals surface area contributed by atoms with E-state index in [0.717, 1.165) is 23.7 Å². The van der Waals surface area contributed by atoms with Crippen molar-refractivity contribution in [2.45, 2.75) is 57.4 Å². The van der Waals surface area contributed by atoms with Crippen molar-refractivity contribution in [1.29, 1.82) is 0 Å². The summed E-state index contributed by atoms with van der Waals surface area (Å²) in [6.45, 7) is 4.84. The van der Waals surface area contributed by atoms with Crippen molar-refractivity contribution < 1.29 is 17.2 Å². The Morgan fingerprint density at radius 3 is 2.61 bits per heavy atom. The first-order chi connectivity index (χ1) is 8.41. The third-order valence-corrected chi connectivity index (χ3v) is 4.90. The molecule has 2 atom stereocenters. The average Bonchev–Trinajstić information content (AvgIpc) is 2.35. The van der Waals surface area contributed by atoms with Crippen LogP contribution in [0, 0.1) is 0 Å². The van der Waals surface area contributed by atoms with Gasteiger partial charge in [0.05, 0.1) is 0 Å². The van der Waals surface area contributed by atoms with Gasteiger partial charge >= 0.3 is 5.76 Å². The fourth-order valence-corrected chi connectivity index (χ4v) is 3.61. The van der Waals surface area contributed by atoms with E-state index in [4.69, 9.17) is 0 Å². The van der Waals surface area contributed by atoms with E-state index in [1.165, 1.54) is 0 Å². The Kier molecular flexibility index (Phi) is 5.94. The topological polar surface area (TPSA) is 49.4 Å². The molecule has 0 bridgehead atoms. The zero-order valence-electron chi connectivity index (χ0n) is 10.9. The number of hydrogen-bond donors (Lipinski definition) is 1. The summed E-state index contributed by atoms with van der Waals surface area (Å²) in [7, 11) is -4.46. The molecule has 18 heavy (non-hydrogen) atoms. The second-order valence-electron chi connectivity index (χ2n) is 4.72. The molecule has 0 saturated carbocycles. The largest absolute Gasteiger partial charge is 0.350 e. The molecule has 1 fully saturated rings. The van der Waals surface area contributed by atoms with E-state index >= 15 is 0 Å². The van der Waals surface area contributed by atoms with Crippen LogP contribution in [-0.4, -0.2) is 43.7 Å². The fourth-order valence-electron chi connectivity index (χ4n) is 2.36. The Balaban J connectivity index is 2.80. The molecule has 1 N–H and O–H groups in total. The van der Waals surface area contributed by atoms with Crippen molar-refractivity contribution in [2.24, 2.45) is 0 Å². The molecule has 108 valence electrons. The highest BCUT2D eigenvalue weighted by molar-refractivity contribution is 7.89. The van der Waals surface area contributed by atoms with E-state index < -0.39 is 15.8 Å². The van der Waals surface area contributed by atoms with E-state index in [1.54, 1.807) is 0 Å². The number of hydrogen-bond acceptors (Lipinski definition) is 3. The van der Waals surface area contributed by atoms with Crippen molar-refractivity contribution in [3.63, 3.8) is 0 Å². The lowest BCUT2D eigenvalue weighted by atomic mass is 9.99. The Labute approximate surface area is 108 Å². The number of halogens is 2. The number of piperidine rings is 1. The smallest absolute Gasteiger partial charge is 0.313 e. The monoisotopic (exact) mass is 284 g/mol. The molecule has 1 aliphatic heterocycles. The Hall–Kier alpha value is -0.270. The zero-order valence-corrected chi connectivity index (χ0v) is 11.7. The molecular formula is C11H22F2N2O2S. The Morgan fingerprint density at radius 1 is 1.39 bits per heavy atom. The van der Waals surface area contributed by atoms with Crippen LogP contribution in [0.3, 0.4) is 0 Å². The van der Waals surface area contributed by atoms with Crippen LogP contribution in [0.2, 0.25) is 0 Å². The van der Waals surface area contributed by atoms with Crippen molar-refractivity contribution in [3.8, 4) is 0 Å². The van der Waals surface area contributed by atoms with Gasteiger partial charge in [-0.25, -0.2) is 8.42 Å². The van der Waals surface area contributed by atoms with Crippen LogP contribution >= 0.6 is 0 Å². The SMILES string of the molecule is CCCNC(C)C1CCCCN1S(=O)(=O)C(F)F. The van der Waals surface area contributed by atoms with Crippen LogP contribution in [0.1, 0.15) is 39.5 Å². The zero-order chi connectivity index (χ0) is 13.8. The minimum Gasteiger partial charge on any atom is -0.313 e. The second kappa shape index (κ2) is 6.77. The van der Waals surface area contributed by atoms with Crippen LogP contribution in [0.25, 0.3) is 0 Å². The minimum absolute atomic E-state index is 0.0984. The third kappa shape index (κ3) is 3.61. The molecule has 0 aromatic heterocycles. The highest BCUT2D eigenvalue weighted by Crippen LogP contribution is 2.25. The van der Waals surface area contributed by atoms with Crippen LogP contribution in [-0.2, 0) is 10.0 Å². The fraction of sp³-hybridized carbons (Fsp3) is 1.00. The minimum atomic E-state index is -4.46. The first-order valence-electron chi connectivity index (χ1n) is 6.43. The molecule has 1 rings (SSSR count). The second-order valence-corrected chi connectivity index (χ2v) is 6.58. The molecule has 0 aromatic rings. The quantitative estimate of drug-likeness (QED) is 0.809. The van der Waals surface area contributed by atoms with Crippen molar-refractivity contribution in [2.75, 3.05) is 13.1 Å². The Morgan fingerprint density at radius 2 is 2.06 bits per heavy atom. The number of rotatable bonds is 6. The van der Waals surface area contributed by atoms with Gasteiger partial charge in [-0.15, -0.1) is 0 Å². The van der Waals surface area contributed by atoms with Gasteiger partial charge in [0.1, 0.15) is 0 Å². The number of alkyl halides is 2. The van der Waals surface area contributed by atoms with Crippen molar-refractivity contribution in [1.82, 2.24) is 9.62 Å². The normalized spacial score (nSPS) is 24.4. The van der Waals surface area contributed by atoms with Crippen LogP contribution < -0.4 is 5.32 Å². The predicted octanol–water partition coefficient (Wildman–Crippen LogP) is 1.78. The molecule has 0 radical (unpaired) electrons. The molecular weight excluding hydrogens is 262 g/mol. The van der Waals surface area contributed by atoms with E-state index in [0.29, 0.717) is 12.8 Å². The van der Waals surface area contributed by atoms with Crippen LogP contribution in [0.15, 0.2) is 0 Å². The first kappa shape index (κ1) is 15.8. The lowest BCUT2D eigenvalue weighted by Gasteiger charge is -2.38. The molecule has 1 heterocycles. The maximum atomic E-state index is 12.6. The first-order valence-corrected chi connectivity index (χ1v) is 7.93. The number of sulfonamides is 1. The number of nitrogens with zero attached hydrogens (tertiary/aromatic N) is 1. The van der Waals surface area contributed by atoms with E-state index in [9.17, 15) is 17.2 Å². The Bertz CT molecular complexity index is 349. The van der Waals surface area contributed by atoms with Gasteiger partial charge < -0.3 is 5.32 Å². The van der Waals surface area contributed by atoms with Gasteiger partial charge in [-0.3, -0.25) is 0 Å². The molecule has 0 spiro atoms. The number of nitrogens with one attached hydrogen (secondary N) is 1. The summed E-state index contributed by atoms with van der Waals surface area (Å²) in [6, 6.07) is -0.455. The summed E-state index contributed by atoms with van der Waals surface area (Å²) < 4.78 is 49.5. The highest BCUT2D eigenvalue weighted by atomic mass is 32.2. The molecule has 4 nitrogen and oxygen atoms in total. The average molecular weight is 284 g/mol.